The molecule has 0 aliphatic carbocycles. The van der Waals surface area contributed by atoms with Crippen molar-refractivity contribution in [3.05, 3.63) is 44.1 Å². The highest BCUT2D eigenvalue weighted by Crippen LogP contribution is 2.28. The van der Waals surface area contributed by atoms with Gasteiger partial charge in [-0.3, -0.25) is 9.89 Å². The maximum Gasteiger partial charge on any atom is 0.277 e. The molecule has 1 amide bonds. The van der Waals surface area contributed by atoms with E-state index in [0.29, 0.717) is 25.9 Å². The summed E-state index contributed by atoms with van der Waals surface area (Å²) in [7, 11) is 0. The van der Waals surface area contributed by atoms with Crippen molar-refractivity contribution in [3.63, 3.8) is 0 Å². The molecule has 2 aromatic rings. The normalized spacial score (nSPS) is 10.9. The number of anilines is 1. The molecular weight excluding hydrogens is 365 g/mol. The van der Waals surface area contributed by atoms with E-state index in [0.717, 1.165) is 5.69 Å². The van der Waals surface area contributed by atoms with Crippen LogP contribution in [-0.2, 0) is 0 Å². The lowest BCUT2D eigenvalue weighted by molar-refractivity contribution is 0.102. The lowest BCUT2D eigenvalue weighted by Crippen LogP contribution is -2.13. The molecule has 1 heterocycles. The number of nitrogens with zero attached hydrogens (tertiary/aromatic N) is 1. The smallest absolute Gasteiger partial charge is 0.277 e. The number of benzene rings is 1. The number of hydrogen-bond acceptors (Lipinski definition) is 2. The van der Waals surface area contributed by atoms with Crippen molar-refractivity contribution in [1.29, 1.82) is 0 Å². The molecule has 1 aromatic carbocycles. The van der Waals surface area contributed by atoms with Gasteiger partial charge in [-0.2, -0.15) is 5.10 Å². The number of amides is 1. The molecule has 0 radical (unpaired) electrons. The predicted octanol–water partition coefficient (Wildman–Crippen LogP) is 4.85. The van der Waals surface area contributed by atoms with Crippen LogP contribution in [0.4, 0.5) is 5.69 Å². The van der Waals surface area contributed by atoms with Crippen molar-refractivity contribution in [1.82, 2.24) is 10.2 Å². The van der Waals surface area contributed by atoms with Gasteiger partial charge in [0, 0.05) is 5.69 Å². The van der Waals surface area contributed by atoms with Gasteiger partial charge in [-0.25, -0.2) is 0 Å². The first-order valence-electron chi connectivity index (χ1n) is 5.90. The highest BCUT2D eigenvalue weighted by atomic mass is 79.9. The summed E-state index contributed by atoms with van der Waals surface area (Å²) in [5.74, 6) is -0.0817. The van der Waals surface area contributed by atoms with Gasteiger partial charge in [-0.15, -0.1) is 0 Å². The first-order chi connectivity index (χ1) is 9.40. The fourth-order valence-electron chi connectivity index (χ4n) is 1.64. The zero-order valence-corrected chi connectivity index (χ0v) is 13.9. The van der Waals surface area contributed by atoms with Crippen LogP contribution in [0.5, 0.6) is 0 Å². The Hall–Kier alpha value is -1.04. The molecule has 0 unspecified atom stereocenters. The van der Waals surface area contributed by atoms with Crippen molar-refractivity contribution in [2.24, 2.45) is 0 Å². The third-order valence-electron chi connectivity index (χ3n) is 2.70. The van der Waals surface area contributed by atoms with Crippen LogP contribution in [0.25, 0.3) is 0 Å². The summed E-state index contributed by atoms with van der Waals surface area (Å²) in [4.78, 5) is 12.2. The molecule has 106 valence electrons. The molecule has 0 aliphatic rings. The van der Waals surface area contributed by atoms with E-state index < -0.39 is 0 Å². The van der Waals surface area contributed by atoms with E-state index in [1.807, 2.05) is 13.8 Å². The Morgan fingerprint density at radius 1 is 1.35 bits per heavy atom. The standard InChI is InChI=1S/C13H12BrCl2N3O/c1-6(2)11-10(14)12(19-18-11)13(20)17-7-3-4-8(15)9(16)5-7/h3-6H,1-2H3,(H,17,20)(H,18,19). The van der Waals surface area contributed by atoms with E-state index >= 15 is 0 Å². The summed E-state index contributed by atoms with van der Waals surface area (Å²) >= 11 is 15.1. The number of rotatable bonds is 3. The van der Waals surface area contributed by atoms with Gasteiger partial charge >= 0.3 is 0 Å². The van der Waals surface area contributed by atoms with E-state index in [1.54, 1.807) is 18.2 Å². The molecule has 1 aromatic heterocycles. The van der Waals surface area contributed by atoms with E-state index in [1.165, 1.54) is 0 Å². The van der Waals surface area contributed by atoms with E-state index in [4.69, 9.17) is 23.2 Å². The minimum atomic E-state index is -0.321. The maximum atomic E-state index is 12.2. The Balaban J connectivity index is 2.22. The van der Waals surface area contributed by atoms with Crippen LogP contribution in [0.1, 0.15) is 35.9 Å². The molecule has 0 fully saturated rings. The van der Waals surface area contributed by atoms with E-state index in [2.05, 4.69) is 31.4 Å². The number of halogens is 3. The predicted molar refractivity (Wildman–Crippen MR) is 84.8 cm³/mol. The van der Waals surface area contributed by atoms with Gasteiger partial charge in [0.2, 0.25) is 0 Å². The average Bonchev–Trinajstić information content (AvgIpc) is 2.76. The second-order valence-corrected chi connectivity index (χ2v) is 6.14. The highest BCUT2D eigenvalue weighted by molar-refractivity contribution is 9.10. The number of aromatic amines is 1. The van der Waals surface area contributed by atoms with Crippen molar-refractivity contribution in [2.45, 2.75) is 19.8 Å². The van der Waals surface area contributed by atoms with E-state index in [-0.39, 0.29) is 11.8 Å². The summed E-state index contributed by atoms with van der Waals surface area (Å²) in [5, 5.41) is 10.4. The minimum absolute atomic E-state index is 0.239. The van der Waals surface area contributed by atoms with Crippen molar-refractivity contribution < 1.29 is 4.79 Å². The van der Waals surface area contributed by atoms with Crippen LogP contribution in [-0.4, -0.2) is 16.1 Å². The van der Waals surface area contributed by atoms with Crippen LogP contribution in [0.15, 0.2) is 22.7 Å². The first-order valence-corrected chi connectivity index (χ1v) is 7.45. The van der Waals surface area contributed by atoms with Gasteiger partial charge < -0.3 is 5.32 Å². The molecule has 0 spiro atoms. The maximum absolute atomic E-state index is 12.2. The van der Waals surface area contributed by atoms with Crippen molar-refractivity contribution in [2.75, 3.05) is 5.32 Å². The monoisotopic (exact) mass is 375 g/mol. The number of aromatic nitrogens is 2. The zero-order chi connectivity index (χ0) is 14.9. The lowest BCUT2D eigenvalue weighted by Gasteiger charge is -2.05. The topological polar surface area (TPSA) is 57.8 Å². The van der Waals surface area contributed by atoms with Crippen molar-refractivity contribution >= 4 is 50.7 Å². The third kappa shape index (κ3) is 3.16. The highest BCUT2D eigenvalue weighted by Gasteiger charge is 2.19. The average molecular weight is 377 g/mol. The molecule has 7 heteroatoms. The molecule has 0 saturated carbocycles. The SMILES string of the molecule is CC(C)c1[nH]nc(C(=O)Nc2ccc(Cl)c(Cl)c2)c1Br. The van der Waals surface area contributed by atoms with Crippen LogP contribution in [0.3, 0.4) is 0 Å². The zero-order valence-electron chi connectivity index (χ0n) is 10.8. The molecule has 20 heavy (non-hydrogen) atoms. The molecule has 0 bridgehead atoms. The number of H-pyrrole nitrogens is 1. The largest absolute Gasteiger partial charge is 0.321 e. The van der Waals surface area contributed by atoms with Gasteiger partial charge in [0.15, 0.2) is 5.69 Å². The number of carbonyl (C=O) groups is 1. The van der Waals surface area contributed by atoms with Gasteiger partial charge in [0.25, 0.3) is 5.91 Å². The number of hydrogen-bond donors (Lipinski definition) is 2. The molecule has 0 saturated heterocycles. The summed E-state index contributed by atoms with van der Waals surface area (Å²) in [6, 6.07) is 4.89. The van der Waals surface area contributed by atoms with Crippen molar-refractivity contribution in [3.8, 4) is 0 Å². The fraction of sp³-hybridized carbons (Fsp3) is 0.231. The van der Waals surface area contributed by atoms with E-state index in [9.17, 15) is 4.79 Å². The van der Waals surface area contributed by atoms with Crippen LogP contribution >= 0.6 is 39.1 Å². The van der Waals surface area contributed by atoms with Crippen LogP contribution in [0.2, 0.25) is 10.0 Å². The van der Waals surface area contributed by atoms with Gasteiger partial charge in [0.05, 0.1) is 20.2 Å². The Morgan fingerprint density at radius 2 is 2.05 bits per heavy atom. The fourth-order valence-corrected chi connectivity index (χ4v) is 2.75. The third-order valence-corrected chi connectivity index (χ3v) is 4.24. The Morgan fingerprint density at radius 3 is 2.60 bits per heavy atom. The quantitative estimate of drug-likeness (QED) is 0.803. The summed E-state index contributed by atoms with van der Waals surface area (Å²) in [6.45, 7) is 4.03. The molecule has 4 nitrogen and oxygen atoms in total. The van der Waals surface area contributed by atoms with Gasteiger partial charge in [-0.05, 0) is 40.0 Å². The number of carbonyl (C=O) groups excluding carboxylic acids is 1. The van der Waals surface area contributed by atoms with Crippen LogP contribution in [0, 0.1) is 0 Å². The number of nitrogens with one attached hydrogen (secondary N) is 2. The Labute approximate surface area is 135 Å². The molecular formula is C13H12BrCl2N3O. The second kappa shape index (κ2) is 6.16. The van der Waals surface area contributed by atoms with Gasteiger partial charge in [0.1, 0.15) is 0 Å². The summed E-state index contributed by atoms with van der Waals surface area (Å²) < 4.78 is 0.671. The molecule has 2 N–H and O–H groups in total. The Bertz CT molecular complexity index is 655. The Kier molecular flexibility index (Phi) is 4.73. The molecule has 0 atom stereocenters. The molecule has 2 rings (SSSR count). The minimum Gasteiger partial charge on any atom is -0.321 e. The second-order valence-electron chi connectivity index (χ2n) is 4.54. The molecule has 0 aliphatic heterocycles. The van der Waals surface area contributed by atoms with Crippen LogP contribution < -0.4 is 5.32 Å². The summed E-state index contributed by atoms with van der Waals surface area (Å²) in [6.07, 6.45) is 0. The first kappa shape index (κ1) is 15.4. The lowest BCUT2D eigenvalue weighted by atomic mass is 10.1. The van der Waals surface area contributed by atoms with Gasteiger partial charge in [-0.1, -0.05) is 37.0 Å². The summed E-state index contributed by atoms with van der Waals surface area (Å²) in [5.41, 5.74) is 1.74.